The lowest BCUT2D eigenvalue weighted by molar-refractivity contribution is 0.300. The second-order valence-electron chi connectivity index (χ2n) is 5.21. The summed E-state index contributed by atoms with van der Waals surface area (Å²) in [4.78, 5) is 4.35. The van der Waals surface area contributed by atoms with Crippen LogP contribution < -0.4 is 5.73 Å². The van der Waals surface area contributed by atoms with E-state index in [1.165, 1.54) is 18.2 Å². The van der Waals surface area contributed by atoms with Gasteiger partial charge < -0.3 is 10.3 Å². The Labute approximate surface area is 122 Å². The van der Waals surface area contributed by atoms with Crippen molar-refractivity contribution in [2.45, 2.75) is 32.7 Å². The summed E-state index contributed by atoms with van der Waals surface area (Å²) < 4.78 is 18.3. The molecule has 0 saturated heterocycles. The van der Waals surface area contributed by atoms with Crippen LogP contribution in [-0.4, -0.2) is 16.2 Å². The van der Waals surface area contributed by atoms with Crippen LogP contribution in [0.4, 0.5) is 4.39 Å². The summed E-state index contributed by atoms with van der Waals surface area (Å²) in [5.74, 6) is 0.655. The Hall–Kier alpha value is -1.46. The van der Waals surface area contributed by atoms with Gasteiger partial charge in [0.2, 0.25) is 11.7 Å². The highest BCUT2D eigenvalue weighted by molar-refractivity contribution is 6.33. The van der Waals surface area contributed by atoms with Crippen molar-refractivity contribution >= 4 is 11.6 Å². The van der Waals surface area contributed by atoms with E-state index in [-0.39, 0.29) is 22.9 Å². The van der Waals surface area contributed by atoms with Gasteiger partial charge >= 0.3 is 0 Å². The largest absolute Gasteiger partial charge is 0.339 e. The first kappa shape index (κ1) is 14.9. The zero-order chi connectivity index (χ0) is 14.9. The minimum Gasteiger partial charge on any atom is -0.339 e. The quantitative estimate of drug-likeness (QED) is 0.936. The molecule has 2 N–H and O–H groups in total. The number of aromatic nitrogens is 2. The highest BCUT2D eigenvalue weighted by Gasteiger charge is 2.26. The molecule has 2 aromatic rings. The maximum atomic E-state index is 13.0. The summed E-state index contributed by atoms with van der Waals surface area (Å²) >= 11 is 5.99. The third-order valence-electron chi connectivity index (χ3n) is 3.18. The number of nitrogens with zero attached hydrogens (tertiary/aromatic N) is 2. The van der Waals surface area contributed by atoms with E-state index in [0.717, 1.165) is 0 Å². The predicted molar refractivity (Wildman–Crippen MR) is 75.9 cm³/mol. The average Bonchev–Trinajstić information content (AvgIpc) is 2.76. The van der Waals surface area contributed by atoms with Gasteiger partial charge in [0.25, 0.3) is 0 Å². The fourth-order valence-corrected chi connectivity index (χ4v) is 2.52. The molecule has 6 heteroatoms. The van der Waals surface area contributed by atoms with Crippen LogP contribution >= 0.6 is 11.6 Å². The summed E-state index contributed by atoms with van der Waals surface area (Å²) in [6, 6.07) is 3.95. The molecule has 0 bridgehead atoms. The van der Waals surface area contributed by atoms with Crippen LogP contribution in [-0.2, 0) is 0 Å². The van der Waals surface area contributed by atoms with Crippen molar-refractivity contribution in [3.63, 3.8) is 0 Å². The molecule has 0 saturated carbocycles. The molecule has 0 aliphatic carbocycles. The number of hydrogen-bond acceptors (Lipinski definition) is 4. The van der Waals surface area contributed by atoms with E-state index in [2.05, 4.69) is 10.1 Å². The van der Waals surface area contributed by atoms with Gasteiger partial charge in [0.05, 0.1) is 10.9 Å². The summed E-state index contributed by atoms with van der Waals surface area (Å²) in [7, 11) is 0. The molecule has 0 spiro atoms. The zero-order valence-electron chi connectivity index (χ0n) is 11.6. The van der Waals surface area contributed by atoms with Crippen LogP contribution in [0.2, 0.25) is 5.02 Å². The first-order chi connectivity index (χ1) is 9.40. The van der Waals surface area contributed by atoms with Crippen molar-refractivity contribution in [3.05, 3.63) is 34.9 Å². The van der Waals surface area contributed by atoms with Crippen molar-refractivity contribution in [1.82, 2.24) is 10.1 Å². The molecule has 2 atom stereocenters. The summed E-state index contributed by atoms with van der Waals surface area (Å²) in [5, 5.41) is 4.16. The molecule has 20 heavy (non-hydrogen) atoms. The predicted octanol–water partition coefficient (Wildman–Crippen LogP) is 3.62. The second kappa shape index (κ2) is 5.89. The Morgan fingerprint density at radius 1 is 1.30 bits per heavy atom. The lowest BCUT2D eigenvalue weighted by atomic mass is 9.90. The van der Waals surface area contributed by atoms with Crippen molar-refractivity contribution in [3.8, 4) is 11.4 Å². The van der Waals surface area contributed by atoms with Crippen molar-refractivity contribution in [2.24, 2.45) is 11.7 Å². The molecule has 0 aliphatic heterocycles. The van der Waals surface area contributed by atoms with E-state index in [4.69, 9.17) is 21.9 Å². The zero-order valence-corrected chi connectivity index (χ0v) is 12.4. The van der Waals surface area contributed by atoms with Gasteiger partial charge in [-0.2, -0.15) is 4.98 Å². The van der Waals surface area contributed by atoms with Gasteiger partial charge in [-0.1, -0.05) is 30.6 Å². The number of rotatable bonds is 4. The number of hydrogen-bond donors (Lipinski definition) is 1. The fourth-order valence-electron chi connectivity index (χ4n) is 2.27. The van der Waals surface area contributed by atoms with Crippen molar-refractivity contribution in [2.75, 3.05) is 0 Å². The van der Waals surface area contributed by atoms with E-state index >= 15 is 0 Å². The standard InChI is InChI=1S/C14H17ClFN3O/c1-7(2)12(8(3)17)14-18-13(19-20-14)10-5-4-9(16)6-11(10)15/h4-8,12H,17H2,1-3H3. The first-order valence-corrected chi connectivity index (χ1v) is 6.82. The molecule has 1 aromatic heterocycles. The number of nitrogens with two attached hydrogens (primary N) is 1. The van der Waals surface area contributed by atoms with E-state index < -0.39 is 5.82 Å². The Balaban J connectivity index is 2.37. The molecule has 1 heterocycles. The minimum atomic E-state index is -0.405. The third-order valence-corrected chi connectivity index (χ3v) is 3.50. The molecular weight excluding hydrogens is 281 g/mol. The number of halogens is 2. The molecule has 108 valence electrons. The molecule has 2 unspecified atom stereocenters. The summed E-state index contributed by atoms with van der Waals surface area (Å²) in [5.41, 5.74) is 6.50. The Bertz CT molecular complexity index is 590. The van der Waals surface area contributed by atoms with Crippen molar-refractivity contribution < 1.29 is 8.91 Å². The Morgan fingerprint density at radius 2 is 2.00 bits per heavy atom. The third kappa shape index (κ3) is 2.99. The molecule has 2 rings (SSSR count). The molecule has 0 radical (unpaired) electrons. The average molecular weight is 298 g/mol. The molecule has 0 fully saturated rings. The van der Waals surface area contributed by atoms with Crippen LogP contribution in [0.25, 0.3) is 11.4 Å². The van der Waals surface area contributed by atoms with Crippen LogP contribution in [0.5, 0.6) is 0 Å². The molecule has 0 amide bonds. The molecule has 4 nitrogen and oxygen atoms in total. The van der Waals surface area contributed by atoms with Crippen LogP contribution in [0.3, 0.4) is 0 Å². The molecule has 1 aromatic carbocycles. The van der Waals surface area contributed by atoms with E-state index in [9.17, 15) is 4.39 Å². The number of benzene rings is 1. The van der Waals surface area contributed by atoms with Gasteiger partial charge in [-0.3, -0.25) is 0 Å². The smallest absolute Gasteiger partial charge is 0.231 e. The second-order valence-corrected chi connectivity index (χ2v) is 5.62. The Kier molecular flexibility index (Phi) is 4.40. The van der Waals surface area contributed by atoms with Crippen LogP contribution in [0, 0.1) is 11.7 Å². The van der Waals surface area contributed by atoms with Gasteiger partial charge in [-0.25, -0.2) is 4.39 Å². The highest BCUT2D eigenvalue weighted by Crippen LogP contribution is 2.30. The van der Waals surface area contributed by atoms with E-state index in [1.54, 1.807) is 0 Å². The van der Waals surface area contributed by atoms with Gasteiger partial charge in [0.1, 0.15) is 5.82 Å². The van der Waals surface area contributed by atoms with Crippen LogP contribution in [0.1, 0.15) is 32.6 Å². The fraction of sp³-hybridized carbons (Fsp3) is 0.429. The monoisotopic (exact) mass is 297 g/mol. The summed E-state index contributed by atoms with van der Waals surface area (Å²) in [6.45, 7) is 5.99. The lowest BCUT2D eigenvalue weighted by Crippen LogP contribution is -2.28. The summed E-state index contributed by atoms with van der Waals surface area (Å²) in [6.07, 6.45) is 0. The minimum absolute atomic E-state index is 0.0320. The normalized spacial score (nSPS) is 14.6. The van der Waals surface area contributed by atoms with Gasteiger partial charge in [-0.15, -0.1) is 0 Å². The first-order valence-electron chi connectivity index (χ1n) is 6.44. The van der Waals surface area contributed by atoms with E-state index in [1.807, 2.05) is 20.8 Å². The Morgan fingerprint density at radius 3 is 2.55 bits per heavy atom. The maximum Gasteiger partial charge on any atom is 0.231 e. The highest BCUT2D eigenvalue weighted by atomic mass is 35.5. The molecule has 0 aliphatic rings. The SMILES string of the molecule is CC(C)C(c1nc(-c2ccc(F)cc2Cl)no1)C(C)N. The van der Waals surface area contributed by atoms with Gasteiger partial charge in [-0.05, 0) is 31.0 Å². The lowest BCUT2D eigenvalue weighted by Gasteiger charge is -2.20. The maximum absolute atomic E-state index is 13.0. The van der Waals surface area contributed by atoms with Crippen molar-refractivity contribution in [1.29, 1.82) is 0 Å². The van der Waals surface area contributed by atoms with Crippen LogP contribution in [0.15, 0.2) is 22.7 Å². The van der Waals surface area contributed by atoms with Gasteiger partial charge in [0.15, 0.2) is 0 Å². The topological polar surface area (TPSA) is 64.9 Å². The van der Waals surface area contributed by atoms with Gasteiger partial charge in [0, 0.05) is 11.6 Å². The molecular formula is C14H17ClFN3O. The van der Waals surface area contributed by atoms with E-state index in [0.29, 0.717) is 17.3 Å².